The van der Waals surface area contributed by atoms with Crippen LogP contribution in [0.25, 0.3) is 0 Å². The van der Waals surface area contributed by atoms with E-state index in [4.69, 9.17) is 18.5 Å². The van der Waals surface area contributed by atoms with Crippen molar-refractivity contribution in [1.29, 1.82) is 0 Å². The van der Waals surface area contributed by atoms with Crippen molar-refractivity contribution in [2.75, 3.05) is 47.5 Å². The van der Waals surface area contributed by atoms with Crippen LogP contribution < -0.4 is 4.89 Å². The zero-order valence-electron chi connectivity index (χ0n) is 54.6. The molecule has 2 unspecified atom stereocenters. The monoisotopic (exact) mass is 1180 g/mol. The first-order chi connectivity index (χ1) is 40.5. The minimum absolute atomic E-state index is 0.0323. The zero-order valence-corrected chi connectivity index (χ0v) is 55.5. The van der Waals surface area contributed by atoms with Crippen LogP contribution in [0.1, 0.15) is 303 Å². The molecule has 0 spiro atoms. The van der Waals surface area contributed by atoms with E-state index in [1.54, 1.807) is 0 Å². The van der Waals surface area contributed by atoms with Crippen LogP contribution in [0.5, 0.6) is 0 Å². The molecule has 0 heterocycles. The highest BCUT2D eigenvalue weighted by Gasteiger charge is 2.22. The fraction of sp³-hybridized carbons (Fsp3) is 0.753. The Bertz CT molecular complexity index is 1720. The maximum Gasteiger partial charge on any atom is 0.306 e. The fourth-order valence-electron chi connectivity index (χ4n) is 9.57. The van der Waals surface area contributed by atoms with Crippen LogP contribution in [-0.2, 0) is 32.7 Å². The number of esters is 2. The van der Waals surface area contributed by atoms with Crippen molar-refractivity contribution in [2.24, 2.45) is 0 Å². The maximum atomic E-state index is 12.8. The van der Waals surface area contributed by atoms with Gasteiger partial charge in [-0.1, -0.05) is 291 Å². The summed E-state index contributed by atoms with van der Waals surface area (Å²) in [6.07, 6.45) is 87.8. The smallest absolute Gasteiger partial charge is 0.306 e. The lowest BCUT2D eigenvalue weighted by atomic mass is 10.0. The van der Waals surface area contributed by atoms with E-state index in [0.717, 1.165) is 96.3 Å². The number of carbonyl (C=O) groups is 2. The molecule has 10 heteroatoms. The van der Waals surface area contributed by atoms with Crippen molar-refractivity contribution in [3.63, 3.8) is 0 Å². The summed E-state index contributed by atoms with van der Waals surface area (Å²) < 4.78 is 34.3. The zero-order chi connectivity index (χ0) is 60.5. The van der Waals surface area contributed by atoms with Gasteiger partial charge >= 0.3 is 11.9 Å². The second-order valence-electron chi connectivity index (χ2n) is 24.2. The summed E-state index contributed by atoms with van der Waals surface area (Å²) in [5.41, 5.74) is 0. The number of phosphoric acid groups is 1. The van der Waals surface area contributed by atoms with Gasteiger partial charge in [0.15, 0.2) is 6.10 Å². The molecule has 0 aliphatic carbocycles. The highest BCUT2D eigenvalue weighted by Crippen LogP contribution is 2.38. The Kier molecular flexibility index (Phi) is 61.1. The first kappa shape index (κ1) is 79.9. The van der Waals surface area contributed by atoms with Crippen molar-refractivity contribution >= 4 is 19.8 Å². The number of allylic oxidation sites excluding steroid dienone is 16. The van der Waals surface area contributed by atoms with Crippen LogP contribution >= 0.6 is 7.82 Å². The number of phosphoric ester groups is 1. The number of ether oxygens (including phenoxy) is 2. The Hall–Kier alpha value is -3.07. The molecule has 0 fully saturated rings. The van der Waals surface area contributed by atoms with E-state index in [9.17, 15) is 19.0 Å². The van der Waals surface area contributed by atoms with Gasteiger partial charge in [-0.2, -0.15) is 0 Å². The summed E-state index contributed by atoms with van der Waals surface area (Å²) in [5.74, 6) is -0.829. The number of carbonyl (C=O) groups excluding carboxylic acids is 2. The molecule has 83 heavy (non-hydrogen) atoms. The predicted molar refractivity (Wildman–Crippen MR) is 355 cm³/mol. The molecule has 9 nitrogen and oxygen atoms in total. The van der Waals surface area contributed by atoms with Gasteiger partial charge in [-0.3, -0.25) is 14.2 Å². The van der Waals surface area contributed by atoms with Gasteiger partial charge < -0.3 is 27.9 Å². The van der Waals surface area contributed by atoms with Crippen molar-refractivity contribution < 1.29 is 42.1 Å². The van der Waals surface area contributed by atoms with Crippen LogP contribution in [-0.4, -0.2) is 70.0 Å². The topological polar surface area (TPSA) is 111 Å². The average Bonchev–Trinajstić information content (AvgIpc) is 3.48. The third kappa shape index (κ3) is 67.9. The van der Waals surface area contributed by atoms with E-state index < -0.39 is 26.5 Å². The van der Waals surface area contributed by atoms with Gasteiger partial charge in [-0.05, 0) is 96.3 Å². The molecule has 0 rings (SSSR count). The number of hydrogen-bond acceptors (Lipinski definition) is 8. The van der Waals surface area contributed by atoms with Crippen LogP contribution in [0, 0.1) is 0 Å². The Morgan fingerprint density at radius 1 is 0.386 bits per heavy atom. The lowest BCUT2D eigenvalue weighted by Gasteiger charge is -2.28. The normalized spacial score (nSPS) is 13.8. The second-order valence-corrected chi connectivity index (χ2v) is 25.6. The van der Waals surface area contributed by atoms with Gasteiger partial charge in [0.2, 0.25) is 0 Å². The summed E-state index contributed by atoms with van der Waals surface area (Å²) in [4.78, 5) is 38.0. The molecular formula is C73H130NO8P. The standard InChI is InChI=1S/C73H130NO8P/c1-6-8-10-12-14-16-18-20-22-24-26-27-28-29-30-31-32-33-34-35-36-37-38-39-40-41-42-43-44-45-46-47-48-50-52-54-56-58-60-62-64-66-73(76)82-71(70-81-83(77,78)80-68-67-74(3,4)5)69-79-72(75)65-63-61-59-57-55-53-51-49-25-23-21-19-17-15-13-11-9-7-2/h8,10,14,16,20,22-23,25-27,29-30,32-33,35-36,71H,6-7,9,11-13,15,17-19,21,24,28,31,34,37-70H2,1-5H3/b10-8-,16-14-,22-20-,25-23-,27-26-,30-29-,33-32-,36-35-. The quantitative estimate of drug-likeness (QED) is 0.0195. The number of quaternary nitrogens is 1. The van der Waals surface area contributed by atoms with Crippen molar-refractivity contribution in [3.8, 4) is 0 Å². The minimum atomic E-state index is -4.64. The molecule has 0 bridgehead atoms. The number of nitrogens with zero attached hydrogens (tertiary/aromatic N) is 1. The summed E-state index contributed by atoms with van der Waals surface area (Å²) in [7, 11) is 1.17. The van der Waals surface area contributed by atoms with Crippen LogP contribution in [0.4, 0.5) is 0 Å². The molecule has 0 amide bonds. The van der Waals surface area contributed by atoms with Crippen LogP contribution in [0.3, 0.4) is 0 Å². The predicted octanol–water partition coefficient (Wildman–Crippen LogP) is 21.7. The summed E-state index contributed by atoms with van der Waals surface area (Å²) in [6, 6.07) is 0. The molecule has 0 N–H and O–H groups in total. The molecular weight excluding hydrogens is 1050 g/mol. The van der Waals surface area contributed by atoms with E-state index in [1.807, 2.05) is 21.1 Å². The second kappa shape index (κ2) is 63.4. The van der Waals surface area contributed by atoms with Crippen molar-refractivity contribution in [1.82, 2.24) is 0 Å². The van der Waals surface area contributed by atoms with E-state index in [-0.39, 0.29) is 32.0 Å². The molecule has 0 aromatic carbocycles. The van der Waals surface area contributed by atoms with E-state index in [0.29, 0.717) is 17.4 Å². The largest absolute Gasteiger partial charge is 0.756 e. The van der Waals surface area contributed by atoms with E-state index in [1.165, 1.54) is 173 Å². The molecule has 0 saturated carbocycles. The van der Waals surface area contributed by atoms with E-state index in [2.05, 4.69) is 111 Å². The van der Waals surface area contributed by atoms with Crippen LogP contribution in [0.15, 0.2) is 97.2 Å². The average molecular weight is 1180 g/mol. The lowest BCUT2D eigenvalue weighted by molar-refractivity contribution is -0.870. The van der Waals surface area contributed by atoms with Gasteiger partial charge in [0, 0.05) is 12.8 Å². The van der Waals surface area contributed by atoms with Crippen molar-refractivity contribution in [3.05, 3.63) is 97.2 Å². The number of hydrogen-bond donors (Lipinski definition) is 0. The number of likely N-dealkylation sites (N-methyl/N-ethyl adjacent to an activating group) is 1. The molecule has 0 aromatic rings. The highest BCUT2D eigenvalue weighted by atomic mass is 31.2. The van der Waals surface area contributed by atoms with Gasteiger partial charge in [-0.15, -0.1) is 0 Å². The van der Waals surface area contributed by atoms with Gasteiger partial charge in [0.1, 0.15) is 19.8 Å². The van der Waals surface area contributed by atoms with Crippen LogP contribution in [0.2, 0.25) is 0 Å². The van der Waals surface area contributed by atoms with Gasteiger partial charge in [0.25, 0.3) is 7.82 Å². The Morgan fingerprint density at radius 3 is 1.04 bits per heavy atom. The summed E-state index contributed by atoms with van der Waals surface area (Å²) in [5, 5.41) is 0. The van der Waals surface area contributed by atoms with Gasteiger partial charge in [-0.25, -0.2) is 0 Å². The lowest BCUT2D eigenvalue weighted by Crippen LogP contribution is -2.37. The Labute approximate surface area is 513 Å². The van der Waals surface area contributed by atoms with Crippen molar-refractivity contribution in [2.45, 2.75) is 309 Å². The summed E-state index contributed by atoms with van der Waals surface area (Å²) >= 11 is 0. The van der Waals surface area contributed by atoms with Gasteiger partial charge in [0.05, 0.1) is 27.7 Å². The maximum absolute atomic E-state index is 12.8. The third-order valence-corrected chi connectivity index (χ3v) is 15.8. The highest BCUT2D eigenvalue weighted by molar-refractivity contribution is 7.45. The first-order valence-corrected chi connectivity index (χ1v) is 35.9. The molecule has 0 saturated heterocycles. The molecule has 0 aliphatic heterocycles. The SMILES string of the molecule is CC/C=C\C/C=C\C/C=C\C/C=C\C/C=C\C/C=C\C/C=C\CCCCCCCCCCCCCCCCCCCCCC(=O)OC(COC(=O)CCCCCCCCC/C=C\CCCCCCCCC)COP(=O)([O-])OCC[N+](C)(C)C. The Morgan fingerprint density at radius 2 is 0.687 bits per heavy atom. The fourth-order valence-corrected chi connectivity index (χ4v) is 10.3. The molecule has 0 radical (unpaired) electrons. The first-order valence-electron chi connectivity index (χ1n) is 34.4. The molecule has 0 aliphatic rings. The third-order valence-electron chi connectivity index (χ3n) is 14.8. The number of rotatable bonds is 63. The summed E-state index contributed by atoms with van der Waals surface area (Å²) in [6.45, 7) is 4.15. The minimum Gasteiger partial charge on any atom is -0.756 e. The molecule has 480 valence electrons. The Balaban J connectivity index is 3.96. The molecule has 0 aromatic heterocycles. The van der Waals surface area contributed by atoms with E-state index >= 15 is 0 Å². The number of unbranched alkanes of at least 4 members (excludes halogenated alkanes) is 33. The molecule has 2 atom stereocenters.